The minimum Gasteiger partial charge on any atom is -0.279 e. The monoisotopic (exact) mass is 959 g/mol. The third kappa shape index (κ3) is 4.80. The smallest absolute Gasteiger partial charge is 0.262 e. The van der Waals surface area contributed by atoms with Crippen LogP contribution < -0.4 is 0 Å². The summed E-state index contributed by atoms with van der Waals surface area (Å²) in [5.41, 5.74) is 1.28. The average molecular weight is 968 g/mol. The molecule has 6 nitrogen and oxygen atoms in total. The van der Waals surface area contributed by atoms with E-state index in [0.717, 1.165) is 9.80 Å². The highest BCUT2D eigenvalue weighted by Crippen LogP contribution is 2.45. The van der Waals surface area contributed by atoms with Crippen LogP contribution in [0.5, 0.6) is 0 Å². The molecule has 1 aliphatic heterocycles. The van der Waals surface area contributed by atoms with Crippen molar-refractivity contribution in [2.75, 3.05) is 13.1 Å². The summed E-state index contributed by atoms with van der Waals surface area (Å²) in [7, 11) is 0. The summed E-state index contributed by atoms with van der Waals surface area (Å²) in [6, 6.07) is 0. The van der Waals surface area contributed by atoms with Crippen molar-refractivity contribution < 1.29 is 19.2 Å². The van der Waals surface area contributed by atoms with E-state index >= 15 is 0 Å². The summed E-state index contributed by atoms with van der Waals surface area (Å²) >= 11 is 27.1. The van der Waals surface area contributed by atoms with E-state index in [0.29, 0.717) is 47.8 Å². The van der Waals surface area contributed by atoms with Gasteiger partial charge in [0.25, 0.3) is 17.7 Å². The normalized spacial score (nSPS) is 12.9. The van der Waals surface area contributed by atoms with E-state index in [1.54, 1.807) is 6.92 Å². The standard InChI is InChI=1S/C19H8Br8N2O4/c1-5-6(10(21)14(25)13(24)9(5)20)17(31)28(4-30)2-3-29-18(32)7-8(19(29)33)12(23)16(27)15(26)11(7)22/h4H,2-3H2,1H3. The highest BCUT2D eigenvalue weighted by atomic mass is 79.9. The van der Waals surface area contributed by atoms with Gasteiger partial charge < -0.3 is 0 Å². The van der Waals surface area contributed by atoms with E-state index in [9.17, 15) is 19.2 Å². The molecule has 0 saturated heterocycles. The van der Waals surface area contributed by atoms with Gasteiger partial charge in [-0.2, -0.15) is 0 Å². The molecule has 0 aliphatic carbocycles. The van der Waals surface area contributed by atoms with Crippen LogP contribution in [0.25, 0.3) is 0 Å². The predicted molar refractivity (Wildman–Crippen MR) is 152 cm³/mol. The van der Waals surface area contributed by atoms with Gasteiger partial charge in [0.2, 0.25) is 6.41 Å². The summed E-state index contributed by atoms with van der Waals surface area (Å²) in [4.78, 5) is 53.0. The average Bonchev–Trinajstić information content (AvgIpc) is 3.04. The summed E-state index contributed by atoms with van der Waals surface area (Å²) in [5.74, 6) is -1.63. The molecule has 33 heavy (non-hydrogen) atoms. The first kappa shape index (κ1) is 28.1. The summed E-state index contributed by atoms with van der Waals surface area (Å²) in [6.07, 6.45) is 0.384. The number of carbonyl (C=O) groups is 4. The number of nitrogens with zero attached hydrogens (tertiary/aromatic N) is 2. The number of fused-ring (bicyclic) bond motifs is 1. The maximum absolute atomic E-state index is 13.2. The summed E-state index contributed by atoms with van der Waals surface area (Å²) in [6.45, 7) is 1.39. The van der Waals surface area contributed by atoms with Gasteiger partial charge in [-0.25, -0.2) is 0 Å². The fraction of sp³-hybridized carbons (Fsp3) is 0.158. The molecule has 14 heteroatoms. The Morgan fingerprint density at radius 3 is 1.64 bits per heavy atom. The van der Waals surface area contributed by atoms with Gasteiger partial charge in [-0.15, -0.1) is 0 Å². The number of rotatable bonds is 5. The molecule has 1 heterocycles. The summed E-state index contributed by atoms with van der Waals surface area (Å²) in [5, 5.41) is 0. The van der Waals surface area contributed by atoms with Gasteiger partial charge in [-0.1, -0.05) is 0 Å². The van der Waals surface area contributed by atoms with Crippen LogP contribution >= 0.6 is 127 Å². The highest BCUT2D eigenvalue weighted by molar-refractivity contribution is 9.15. The Labute approximate surface area is 255 Å². The molecule has 174 valence electrons. The quantitative estimate of drug-likeness (QED) is 0.132. The van der Waals surface area contributed by atoms with Crippen molar-refractivity contribution in [2.24, 2.45) is 0 Å². The minimum atomic E-state index is -0.576. The molecule has 4 amide bonds. The Hall–Kier alpha value is 0.560. The number of halogens is 8. The van der Waals surface area contributed by atoms with Crippen molar-refractivity contribution in [1.29, 1.82) is 0 Å². The molecule has 1 aliphatic rings. The highest BCUT2D eigenvalue weighted by Gasteiger charge is 2.41. The van der Waals surface area contributed by atoms with Crippen LogP contribution in [0.1, 0.15) is 36.6 Å². The first-order valence-corrected chi connectivity index (χ1v) is 15.0. The van der Waals surface area contributed by atoms with Crippen LogP contribution in [0.15, 0.2) is 35.8 Å². The maximum atomic E-state index is 13.2. The van der Waals surface area contributed by atoms with Crippen molar-refractivity contribution in [2.45, 2.75) is 6.92 Å². The van der Waals surface area contributed by atoms with Gasteiger partial charge in [-0.3, -0.25) is 29.0 Å². The second-order valence-electron chi connectivity index (χ2n) is 6.63. The number of imide groups is 2. The van der Waals surface area contributed by atoms with Crippen molar-refractivity contribution in [1.82, 2.24) is 9.80 Å². The van der Waals surface area contributed by atoms with E-state index < -0.39 is 17.7 Å². The molecule has 2 aromatic rings. The zero-order chi connectivity index (χ0) is 24.9. The molecule has 0 aromatic heterocycles. The molecule has 0 spiro atoms. The lowest BCUT2D eigenvalue weighted by Crippen LogP contribution is -2.40. The van der Waals surface area contributed by atoms with Crippen LogP contribution in [0.2, 0.25) is 0 Å². The van der Waals surface area contributed by atoms with Crippen molar-refractivity contribution >= 4 is 152 Å². The molecule has 0 saturated carbocycles. The lowest BCUT2D eigenvalue weighted by Gasteiger charge is -2.22. The molecule has 0 N–H and O–H groups in total. The van der Waals surface area contributed by atoms with Crippen LogP contribution in [0.3, 0.4) is 0 Å². The molecule has 0 radical (unpaired) electrons. The van der Waals surface area contributed by atoms with Gasteiger partial charge in [0.15, 0.2) is 0 Å². The minimum absolute atomic E-state index is 0.166. The second kappa shape index (κ2) is 10.9. The zero-order valence-electron chi connectivity index (χ0n) is 16.0. The molecule has 0 bridgehead atoms. The van der Waals surface area contributed by atoms with E-state index in [1.165, 1.54) is 0 Å². The molecular weight excluding hydrogens is 959 g/mol. The Morgan fingerprint density at radius 1 is 0.758 bits per heavy atom. The van der Waals surface area contributed by atoms with Crippen molar-refractivity contribution in [3.8, 4) is 0 Å². The van der Waals surface area contributed by atoms with Gasteiger partial charge in [0, 0.05) is 48.9 Å². The van der Waals surface area contributed by atoms with Gasteiger partial charge in [0.1, 0.15) is 0 Å². The number of carbonyl (C=O) groups excluding carboxylic acids is 4. The maximum Gasteiger partial charge on any atom is 0.262 e. The van der Waals surface area contributed by atoms with Crippen LogP contribution in [-0.2, 0) is 4.79 Å². The molecule has 0 atom stereocenters. The Bertz CT molecular complexity index is 1190. The lowest BCUT2D eigenvalue weighted by atomic mass is 10.1. The van der Waals surface area contributed by atoms with E-state index in [-0.39, 0.29) is 29.8 Å². The van der Waals surface area contributed by atoms with Crippen molar-refractivity contribution in [3.05, 3.63) is 58.0 Å². The SMILES string of the molecule is Cc1c(Br)c(Br)c(Br)c(Br)c1C(=O)N(C=O)CCN1C(=O)c2c(Br)c(Br)c(Br)c(Br)c2C1=O. The second-order valence-corrected chi connectivity index (χ2v) is 13.0. The third-order valence-corrected chi connectivity index (χ3v) is 14.6. The number of amides is 4. The number of benzene rings is 2. The van der Waals surface area contributed by atoms with Crippen LogP contribution in [0.4, 0.5) is 0 Å². The largest absolute Gasteiger partial charge is 0.279 e. The fourth-order valence-corrected chi connectivity index (χ4v) is 8.09. The topological polar surface area (TPSA) is 74.8 Å². The number of hydrogen-bond donors (Lipinski definition) is 0. The third-order valence-electron chi connectivity index (χ3n) is 4.85. The number of hydrogen-bond acceptors (Lipinski definition) is 4. The van der Waals surface area contributed by atoms with Gasteiger partial charge in [0.05, 0.1) is 16.7 Å². The lowest BCUT2D eigenvalue weighted by molar-refractivity contribution is -0.116. The Morgan fingerprint density at radius 2 is 1.18 bits per heavy atom. The fourth-order valence-electron chi connectivity index (χ4n) is 3.15. The van der Waals surface area contributed by atoms with Crippen molar-refractivity contribution in [3.63, 3.8) is 0 Å². The zero-order valence-corrected chi connectivity index (χ0v) is 28.7. The Balaban J connectivity index is 1.91. The first-order valence-electron chi connectivity index (χ1n) is 8.67. The van der Waals surface area contributed by atoms with Gasteiger partial charge >= 0.3 is 0 Å². The van der Waals surface area contributed by atoms with E-state index in [1.807, 2.05) is 0 Å². The first-order chi connectivity index (χ1) is 15.4. The van der Waals surface area contributed by atoms with E-state index in [2.05, 4.69) is 127 Å². The van der Waals surface area contributed by atoms with E-state index in [4.69, 9.17) is 0 Å². The Kier molecular flexibility index (Phi) is 9.29. The molecule has 2 aromatic carbocycles. The molecule has 0 unspecified atom stereocenters. The van der Waals surface area contributed by atoms with Crippen LogP contribution in [0, 0.1) is 6.92 Å². The van der Waals surface area contributed by atoms with Gasteiger partial charge in [-0.05, 0) is 140 Å². The summed E-state index contributed by atoms with van der Waals surface area (Å²) < 4.78 is 4.44. The predicted octanol–water partition coefficient (Wildman–Crippen LogP) is 7.99. The molecular formula is C19H8Br8N2O4. The van der Waals surface area contributed by atoms with Crippen LogP contribution in [-0.4, -0.2) is 47.0 Å². The molecule has 0 fully saturated rings. The molecule has 3 rings (SSSR count).